The van der Waals surface area contributed by atoms with Gasteiger partial charge < -0.3 is 5.32 Å². The highest BCUT2D eigenvalue weighted by molar-refractivity contribution is 6.33. The fraction of sp³-hybridized carbons (Fsp3) is 0.182. The van der Waals surface area contributed by atoms with Crippen LogP contribution in [-0.2, 0) is 13.6 Å². The second-order valence-corrected chi connectivity index (χ2v) is 4.13. The predicted molar refractivity (Wildman–Crippen MR) is 68.6 cm³/mol. The lowest BCUT2D eigenvalue weighted by atomic mass is 10.2. The van der Waals surface area contributed by atoms with E-state index < -0.39 is 4.92 Å². The molecule has 18 heavy (non-hydrogen) atoms. The van der Waals surface area contributed by atoms with Gasteiger partial charge in [-0.3, -0.25) is 14.8 Å². The summed E-state index contributed by atoms with van der Waals surface area (Å²) in [6, 6.07) is 6.15. The topological polar surface area (TPSA) is 73.0 Å². The number of aromatic nitrogens is 2. The van der Waals surface area contributed by atoms with Crippen molar-refractivity contribution in [2.45, 2.75) is 6.54 Å². The molecular formula is C11H11ClN4O2. The molecule has 94 valence electrons. The lowest BCUT2D eigenvalue weighted by Crippen LogP contribution is -2.06. The zero-order valence-corrected chi connectivity index (χ0v) is 10.4. The summed E-state index contributed by atoms with van der Waals surface area (Å²) in [6.07, 6.45) is 1.69. The molecule has 1 N–H and O–H groups in total. The van der Waals surface area contributed by atoms with E-state index in [-0.39, 0.29) is 5.69 Å². The number of nitrogens with one attached hydrogen (secondary N) is 1. The summed E-state index contributed by atoms with van der Waals surface area (Å²) < 4.78 is 1.72. The van der Waals surface area contributed by atoms with Gasteiger partial charge in [0.2, 0.25) is 0 Å². The molecule has 7 heteroatoms. The monoisotopic (exact) mass is 266 g/mol. The van der Waals surface area contributed by atoms with Crippen LogP contribution in [-0.4, -0.2) is 14.7 Å². The molecule has 1 aromatic heterocycles. The van der Waals surface area contributed by atoms with Gasteiger partial charge >= 0.3 is 0 Å². The fourth-order valence-electron chi connectivity index (χ4n) is 1.52. The third-order valence-electron chi connectivity index (χ3n) is 2.54. The standard InChI is InChI=1S/C11H11ClN4O2/c1-15-9(4-5-14-15)7-13-11-6-8(16(17)18)2-3-10(11)12/h2-6,13H,7H2,1H3. The number of hydrogen-bond acceptors (Lipinski definition) is 4. The van der Waals surface area contributed by atoms with Gasteiger partial charge in [0.15, 0.2) is 0 Å². The Labute approximate surface area is 108 Å². The molecule has 2 aromatic rings. The molecule has 6 nitrogen and oxygen atoms in total. The molecule has 0 atom stereocenters. The minimum Gasteiger partial charge on any atom is -0.378 e. The zero-order valence-electron chi connectivity index (χ0n) is 9.63. The number of nitrogens with zero attached hydrogens (tertiary/aromatic N) is 3. The molecule has 0 saturated heterocycles. The third kappa shape index (κ3) is 2.60. The van der Waals surface area contributed by atoms with Crippen LogP contribution >= 0.6 is 11.6 Å². The van der Waals surface area contributed by atoms with Crippen LogP contribution in [0.4, 0.5) is 11.4 Å². The lowest BCUT2D eigenvalue weighted by Gasteiger charge is -2.08. The van der Waals surface area contributed by atoms with E-state index in [1.807, 2.05) is 13.1 Å². The number of anilines is 1. The van der Waals surface area contributed by atoms with Gasteiger partial charge in [0.05, 0.1) is 27.9 Å². The zero-order chi connectivity index (χ0) is 13.1. The van der Waals surface area contributed by atoms with Crippen molar-refractivity contribution >= 4 is 23.0 Å². The van der Waals surface area contributed by atoms with E-state index in [2.05, 4.69) is 10.4 Å². The molecule has 0 fully saturated rings. The van der Waals surface area contributed by atoms with E-state index in [4.69, 9.17) is 11.6 Å². The maximum Gasteiger partial charge on any atom is 0.271 e. The van der Waals surface area contributed by atoms with E-state index in [1.165, 1.54) is 18.2 Å². The van der Waals surface area contributed by atoms with Crippen molar-refractivity contribution in [3.05, 3.63) is 51.3 Å². The molecule has 1 aromatic carbocycles. The third-order valence-corrected chi connectivity index (χ3v) is 2.87. The summed E-state index contributed by atoms with van der Waals surface area (Å²) in [4.78, 5) is 10.2. The van der Waals surface area contributed by atoms with Crippen LogP contribution in [0.25, 0.3) is 0 Å². The van der Waals surface area contributed by atoms with Gasteiger partial charge in [0.1, 0.15) is 0 Å². The molecule has 0 spiro atoms. The number of nitro benzene ring substituents is 1. The van der Waals surface area contributed by atoms with Gasteiger partial charge in [-0.1, -0.05) is 11.6 Å². The van der Waals surface area contributed by atoms with Crippen molar-refractivity contribution in [2.75, 3.05) is 5.32 Å². The lowest BCUT2D eigenvalue weighted by molar-refractivity contribution is -0.384. The van der Waals surface area contributed by atoms with Crippen LogP contribution in [0, 0.1) is 10.1 Å². The molecule has 2 rings (SSSR count). The number of non-ortho nitro benzene ring substituents is 1. The van der Waals surface area contributed by atoms with E-state index in [9.17, 15) is 10.1 Å². The average Bonchev–Trinajstić information content (AvgIpc) is 2.73. The van der Waals surface area contributed by atoms with Crippen molar-refractivity contribution in [2.24, 2.45) is 7.05 Å². The first kappa shape index (κ1) is 12.4. The molecule has 0 aliphatic rings. The van der Waals surface area contributed by atoms with Crippen LogP contribution < -0.4 is 5.32 Å². The van der Waals surface area contributed by atoms with Crippen molar-refractivity contribution in [1.29, 1.82) is 0 Å². The van der Waals surface area contributed by atoms with Crippen LogP contribution in [0.3, 0.4) is 0 Å². The summed E-state index contributed by atoms with van der Waals surface area (Å²) in [7, 11) is 1.83. The van der Waals surface area contributed by atoms with Crippen LogP contribution in [0.5, 0.6) is 0 Å². The molecule has 0 bridgehead atoms. The smallest absolute Gasteiger partial charge is 0.271 e. The molecule has 0 radical (unpaired) electrons. The van der Waals surface area contributed by atoms with Gasteiger partial charge in [-0.15, -0.1) is 0 Å². The molecule has 0 saturated carbocycles. The summed E-state index contributed by atoms with van der Waals surface area (Å²) in [6.45, 7) is 0.497. The van der Waals surface area contributed by atoms with Gasteiger partial charge in [-0.25, -0.2) is 0 Å². The minimum atomic E-state index is -0.453. The Kier molecular flexibility index (Phi) is 3.47. The van der Waals surface area contributed by atoms with E-state index in [0.29, 0.717) is 17.3 Å². The van der Waals surface area contributed by atoms with Crippen LogP contribution in [0.2, 0.25) is 5.02 Å². The summed E-state index contributed by atoms with van der Waals surface area (Å²) >= 11 is 5.97. The van der Waals surface area contributed by atoms with E-state index in [1.54, 1.807) is 10.9 Å². The Morgan fingerprint density at radius 1 is 1.50 bits per heavy atom. The Balaban J connectivity index is 2.16. The normalized spacial score (nSPS) is 10.3. The van der Waals surface area contributed by atoms with Crippen LogP contribution in [0.1, 0.15) is 5.69 Å². The van der Waals surface area contributed by atoms with Crippen molar-refractivity contribution in [3.8, 4) is 0 Å². The van der Waals surface area contributed by atoms with Gasteiger partial charge in [-0.2, -0.15) is 5.10 Å². The maximum absolute atomic E-state index is 10.7. The fourth-order valence-corrected chi connectivity index (χ4v) is 1.71. The first-order valence-electron chi connectivity index (χ1n) is 5.22. The molecule has 0 unspecified atom stereocenters. The van der Waals surface area contributed by atoms with Crippen molar-refractivity contribution < 1.29 is 4.92 Å². The molecule has 0 amide bonds. The van der Waals surface area contributed by atoms with Gasteiger partial charge in [0, 0.05) is 25.4 Å². The molecule has 0 aliphatic carbocycles. The molecule has 0 aliphatic heterocycles. The van der Waals surface area contributed by atoms with Crippen molar-refractivity contribution in [1.82, 2.24) is 9.78 Å². The maximum atomic E-state index is 10.7. The van der Waals surface area contributed by atoms with E-state index in [0.717, 1.165) is 5.69 Å². The van der Waals surface area contributed by atoms with Crippen molar-refractivity contribution in [3.63, 3.8) is 0 Å². The van der Waals surface area contributed by atoms with Crippen LogP contribution in [0.15, 0.2) is 30.5 Å². The SMILES string of the molecule is Cn1nccc1CNc1cc([N+](=O)[O-])ccc1Cl. The highest BCUT2D eigenvalue weighted by atomic mass is 35.5. The summed E-state index contributed by atoms with van der Waals surface area (Å²) in [5.41, 5.74) is 1.50. The van der Waals surface area contributed by atoms with Gasteiger partial charge in [0.25, 0.3) is 5.69 Å². The molecular weight excluding hydrogens is 256 g/mol. The Morgan fingerprint density at radius 2 is 2.28 bits per heavy atom. The quantitative estimate of drug-likeness (QED) is 0.682. The highest BCUT2D eigenvalue weighted by Crippen LogP contribution is 2.26. The van der Waals surface area contributed by atoms with Gasteiger partial charge in [-0.05, 0) is 12.1 Å². The number of nitro groups is 1. The number of hydrogen-bond donors (Lipinski definition) is 1. The highest BCUT2D eigenvalue weighted by Gasteiger charge is 2.09. The Bertz CT molecular complexity index is 582. The second kappa shape index (κ2) is 5.05. The minimum absolute atomic E-state index is 0.00639. The average molecular weight is 267 g/mol. The number of benzene rings is 1. The van der Waals surface area contributed by atoms with E-state index >= 15 is 0 Å². The Hall–Kier alpha value is -2.08. The predicted octanol–water partition coefficient (Wildman–Crippen LogP) is 2.59. The number of halogens is 1. The first-order valence-corrected chi connectivity index (χ1v) is 5.60. The Morgan fingerprint density at radius 3 is 2.89 bits per heavy atom. The summed E-state index contributed by atoms with van der Waals surface area (Å²) in [5.74, 6) is 0. The number of rotatable bonds is 4. The summed E-state index contributed by atoms with van der Waals surface area (Å²) in [5, 5.41) is 18.2. The largest absolute Gasteiger partial charge is 0.378 e. The molecule has 1 heterocycles. The second-order valence-electron chi connectivity index (χ2n) is 3.72. The first-order chi connectivity index (χ1) is 8.58. The number of aryl methyl sites for hydroxylation is 1.